The van der Waals surface area contributed by atoms with Crippen LogP contribution in [0.25, 0.3) is 0 Å². The third-order valence-corrected chi connectivity index (χ3v) is 3.12. The summed E-state index contributed by atoms with van der Waals surface area (Å²) in [7, 11) is -4.00. The molecule has 1 aromatic carbocycles. The number of carbonyl (C=O) groups is 2. The summed E-state index contributed by atoms with van der Waals surface area (Å²) in [5, 5.41) is 10.7. The molecule has 0 spiro atoms. The summed E-state index contributed by atoms with van der Waals surface area (Å²) >= 11 is 0. The maximum absolute atomic E-state index is 10.4. The molecular weight excluding hydrogens is 274 g/mol. The second-order valence-electron chi connectivity index (χ2n) is 3.76. The number of rotatable bonds is 1. The van der Waals surface area contributed by atoms with Gasteiger partial charge in [0.25, 0.3) is 16.0 Å². The molecule has 7 nitrogen and oxygen atoms in total. The summed E-state index contributed by atoms with van der Waals surface area (Å²) in [4.78, 5) is 20.7. The van der Waals surface area contributed by atoms with Gasteiger partial charge in [0.05, 0.1) is 4.90 Å². The van der Waals surface area contributed by atoms with E-state index in [1.807, 2.05) is 5.32 Å². The van der Waals surface area contributed by atoms with E-state index in [0.717, 1.165) is 0 Å². The number of imide groups is 1. The Morgan fingerprint density at radius 3 is 2.11 bits per heavy atom. The highest BCUT2D eigenvalue weighted by atomic mass is 32.2. The largest absolute Gasteiger partial charge is 0.383 e. The Hall–Kier alpha value is -1.77. The van der Waals surface area contributed by atoms with Gasteiger partial charge in [0.2, 0.25) is 5.91 Å². The summed E-state index contributed by atoms with van der Waals surface area (Å²) in [6.07, 6.45) is -0.486. The van der Waals surface area contributed by atoms with Crippen molar-refractivity contribution in [3.8, 4) is 0 Å². The van der Waals surface area contributed by atoms with Gasteiger partial charge in [-0.1, -0.05) is 18.2 Å². The average Bonchev–Trinajstić information content (AvgIpc) is 2.35. The third-order valence-electron chi connectivity index (χ3n) is 2.25. The van der Waals surface area contributed by atoms with Gasteiger partial charge in [-0.2, -0.15) is 8.42 Å². The molecule has 3 N–H and O–H groups in total. The highest BCUT2D eigenvalue weighted by molar-refractivity contribution is 7.85. The van der Waals surface area contributed by atoms with Crippen LogP contribution < -0.4 is 5.32 Å². The fraction of sp³-hybridized carbons (Fsp3) is 0.273. The summed E-state index contributed by atoms with van der Waals surface area (Å²) in [5.74, 6) is -0.878. The first-order valence-corrected chi connectivity index (χ1v) is 6.79. The minimum absolute atomic E-state index is 0.0741. The Labute approximate surface area is 110 Å². The number of piperidine rings is 1. The van der Waals surface area contributed by atoms with Crippen molar-refractivity contribution in [3.63, 3.8) is 0 Å². The van der Waals surface area contributed by atoms with E-state index in [1.165, 1.54) is 12.1 Å². The molecule has 104 valence electrons. The van der Waals surface area contributed by atoms with Gasteiger partial charge in [0.15, 0.2) is 0 Å². The van der Waals surface area contributed by atoms with Crippen molar-refractivity contribution in [2.45, 2.75) is 23.8 Å². The van der Waals surface area contributed by atoms with Crippen LogP contribution in [0.3, 0.4) is 0 Å². The second-order valence-corrected chi connectivity index (χ2v) is 5.18. The maximum Gasteiger partial charge on any atom is 0.294 e. The lowest BCUT2D eigenvalue weighted by Crippen LogP contribution is -2.43. The molecule has 1 atom stereocenters. The van der Waals surface area contributed by atoms with Crippen LogP contribution in [-0.4, -0.2) is 36.0 Å². The predicted molar refractivity (Wildman–Crippen MR) is 64.6 cm³/mol. The van der Waals surface area contributed by atoms with Crippen LogP contribution in [0.2, 0.25) is 0 Å². The molecule has 0 bridgehead atoms. The monoisotopic (exact) mass is 287 g/mol. The summed E-state index contributed by atoms with van der Waals surface area (Å²) in [6, 6.07) is 7.42. The van der Waals surface area contributed by atoms with Crippen molar-refractivity contribution in [1.29, 1.82) is 0 Å². The Morgan fingerprint density at radius 1 is 1.16 bits per heavy atom. The molecule has 1 heterocycles. The van der Waals surface area contributed by atoms with Crippen LogP contribution in [-0.2, 0) is 19.7 Å². The third kappa shape index (κ3) is 5.16. The zero-order valence-corrected chi connectivity index (χ0v) is 10.6. The summed E-state index contributed by atoms with van der Waals surface area (Å²) < 4.78 is 29.2. The van der Waals surface area contributed by atoms with E-state index in [-0.39, 0.29) is 23.6 Å². The van der Waals surface area contributed by atoms with E-state index in [2.05, 4.69) is 0 Å². The minimum Gasteiger partial charge on any atom is -0.383 e. The molecule has 0 radical (unpaired) electrons. The Balaban J connectivity index is 0.000000191. The molecule has 0 aromatic heterocycles. The van der Waals surface area contributed by atoms with E-state index in [0.29, 0.717) is 0 Å². The van der Waals surface area contributed by atoms with Crippen molar-refractivity contribution in [1.82, 2.24) is 5.32 Å². The zero-order chi connectivity index (χ0) is 14.5. The van der Waals surface area contributed by atoms with Crippen molar-refractivity contribution >= 4 is 21.9 Å². The van der Waals surface area contributed by atoms with Crippen molar-refractivity contribution < 1.29 is 27.7 Å². The average molecular weight is 287 g/mol. The first-order chi connectivity index (χ1) is 8.80. The minimum atomic E-state index is -4.00. The number of hydrogen-bond acceptors (Lipinski definition) is 5. The highest BCUT2D eigenvalue weighted by Gasteiger charge is 2.23. The van der Waals surface area contributed by atoms with Crippen LogP contribution in [0.1, 0.15) is 12.8 Å². The Kier molecular flexibility index (Phi) is 5.16. The number of amides is 2. The molecule has 0 aliphatic carbocycles. The summed E-state index contributed by atoms with van der Waals surface area (Å²) in [6.45, 7) is 0. The lowest BCUT2D eigenvalue weighted by molar-refractivity contribution is -0.140. The second kappa shape index (κ2) is 6.41. The van der Waals surface area contributed by atoms with E-state index < -0.39 is 22.1 Å². The molecule has 1 saturated heterocycles. The molecule has 8 heteroatoms. The number of nitrogens with one attached hydrogen (secondary N) is 1. The van der Waals surface area contributed by atoms with Crippen LogP contribution in [0, 0.1) is 0 Å². The number of carbonyl (C=O) groups excluding carboxylic acids is 2. The predicted octanol–water partition coefficient (Wildman–Crippen LogP) is -0.283. The van der Waals surface area contributed by atoms with Gasteiger partial charge in [0.1, 0.15) is 6.10 Å². The van der Waals surface area contributed by atoms with Crippen LogP contribution in [0.5, 0.6) is 0 Å². The molecule has 1 aromatic rings. The fourth-order valence-corrected chi connectivity index (χ4v) is 1.78. The van der Waals surface area contributed by atoms with E-state index in [9.17, 15) is 18.0 Å². The van der Waals surface area contributed by atoms with Crippen molar-refractivity contribution in [2.75, 3.05) is 0 Å². The molecule has 19 heavy (non-hydrogen) atoms. The molecule has 1 aliphatic rings. The van der Waals surface area contributed by atoms with Crippen LogP contribution in [0.15, 0.2) is 35.2 Å². The quantitative estimate of drug-likeness (QED) is 0.482. The molecule has 1 fully saturated rings. The SMILES string of the molecule is O=C1CCC(O)C(=O)N1.O=S(=O)(O)c1ccccc1. The van der Waals surface area contributed by atoms with Crippen LogP contribution in [0.4, 0.5) is 0 Å². The van der Waals surface area contributed by atoms with E-state index in [4.69, 9.17) is 9.66 Å². The van der Waals surface area contributed by atoms with Gasteiger partial charge in [0, 0.05) is 6.42 Å². The van der Waals surface area contributed by atoms with Gasteiger partial charge < -0.3 is 5.11 Å². The van der Waals surface area contributed by atoms with E-state index >= 15 is 0 Å². The van der Waals surface area contributed by atoms with Gasteiger partial charge in [-0.15, -0.1) is 0 Å². The van der Waals surface area contributed by atoms with Crippen molar-refractivity contribution in [2.24, 2.45) is 0 Å². The Morgan fingerprint density at radius 2 is 1.74 bits per heavy atom. The smallest absolute Gasteiger partial charge is 0.294 e. The topological polar surface area (TPSA) is 121 Å². The highest BCUT2D eigenvalue weighted by Crippen LogP contribution is 2.05. The zero-order valence-electron chi connectivity index (χ0n) is 9.81. The molecule has 0 saturated carbocycles. The van der Waals surface area contributed by atoms with Gasteiger partial charge in [-0.05, 0) is 18.6 Å². The maximum atomic E-state index is 10.4. The Bertz CT molecular complexity index is 554. The van der Waals surface area contributed by atoms with Gasteiger partial charge in [-0.25, -0.2) is 0 Å². The first kappa shape index (κ1) is 15.3. The van der Waals surface area contributed by atoms with Crippen LogP contribution >= 0.6 is 0 Å². The molecular formula is C11H13NO6S. The molecule has 2 rings (SSSR count). The number of aliphatic hydroxyl groups excluding tert-OH is 1. The molecule has 2 amide bonds. The fourth-order valence-electron chi connectivity index (χ4n) is 1.27. The molecule has 1 aliphatic heterocycles. The van der Waals surface area contributed by atoms with Gasteiger partial charge >= 0.3 is 0 Å². The normalized spacial score (nSPS) is 19.2. The lowest BCUT2D eigenvalue weighted by atomic mass is 10.1. The van der Waals surface area contributed by atoms with E-state index in [1.54, 1.807) is 18.2 Å². The summed E-state index contributed by atoms with van der Waals surface area (Å²) in [5.41, 5.74) is 0. The van der Waals surface area contributed by atoms with Crippen molar-refractivity contribution in [3.05, 3.63) is 30.3 Å². The van der Waals surface area contributed by atoms with Gasteiger partial charge in [-0.3, -0.25) is 19.5 Å². The number of benzene rings is 1. The first-order valence-electron chi connectivity index (χ1n) is 5.35. The lowest BCUT2D eigenvalue weighted by Gasteiger charge is -2.14. The standard InChI is InChI=1S/C6H6O3S.C5H7NO3/c7-10(8,9)6-4-2-1-3-5-6;7-3-1-2-4(8)6-5(3)9/h1-5H,(H,7,8,9);3,7H,1-2H2,(H,6,8,9). The number of hydrogen-bond donors (Lipinski definition) is 3. The number of aliphatic hydroxyl groups is 1. The molecule has 1 unspecified atom stereocenters.